The number of para-hydroxylation sites is 1. The summed E-state index contributed by atoms with van der Waals surface area (Å²) in [5, 5.41) is 9.52. The van der Waals surface area contributed by atoms with Gasteiger partial charge in [0.05, 0.1) is 0 Å². The van der Waals surface area contributed by atoms with E-state index in [1.54, 1.807) is 6.07 Å². The van der Waals surface area contributed by atoms with Crippen molar-refractivity contribution in [3.05, 3.63) is 35.4 Å². The van der Waals surface area contributed by atoms with E-state index in [-0.39, 0.29) is 5.75 Å². The van der Waals surface area contributed by atoms with E-state index in [1.165, 1.54) is 5.57 Å². The molecular formula is C11H12O2. The third-order valence-electron chi connectivity index (χ3n) is 2.19. The summed E-state index contributed by atoms with van der Waals surface area (Å²) in [5.74, 6) is 0.871. The molecule has 2 heteroatoms. The van der Waals surface area contributed by atoms with Crippen LogP contribution in [0.4, 0.5) is 0 Å². The van der Waals surface area contributed by atoms with Gasteiger partial charge in [-0.3, -0.25) is 0 Å². The van der Waals surface area contributed by atoms with Crippen molar-refractivity contribution >= 4 is 0 Å². The highest BCUT2D eigenvalue weighted by atomic mass is 16.5. The van der Waals surface area contributed by atoms with E-state index in [2.05, 4.69) is 6.08 Å². The van der Waals surface area contributed by atoms with Crippen LogP contribution in [-0.4, -0.2) is 11.7 Å². The van der Waals surface area contributed by atoms with E-state index in [9.17, 15) is 5.11 Å². The van der Waals surface area contributed by atoms with Gasteiger partial charge in [-0.25, -0.2) is 0 Å². The normalized spacial score (nSPS) is 15.3. The third-order valence-corrected chi connectivity index (χ3v) is 2.19. The maximum Gasteiger partial charge on any atom is 0.164 e. The van der Waals surface area contributed by atoms with Crippen molar-refractivity contribution in [3.8, 4) is 11.5 Å². The van der Waals surface area contributed by atoms with Gasteiger partial charge >= 0.3 is 0 Å². The largest absolute Gasteiger partial charge is 0.504 e. The molecule has 0 unspecified atom stereocenters. The van der Waals surface area contributed by atoms with Gasteiger partial charge in [-0.1, -0.05) is 18.2 Å². The number of phenolic OH excluding ortho intramolecular Hbond substituents is 1. The highest BCUT2D eigenvalue weighted by molar-refractivity contribution is 5.47. The molecule has 13 heavy (non-hydrogen) atoms. The number of allylic oxidation sites excluding steroid dienone is 1. The van der Waals surface area contributed by atoms with Crippen LogP contribution < -0.4 is 4.74 Å². The Morgan fingerprint density at radius 2 is 2.23 bits per heavy atom. The van der Waals surface area contributed by atoms with Gasteiger partial charge in [0.25, 0.3) is 0 Å². The van der Waals surface area contributed by atoms with Crippen molar-refractivity contribution in [3.63, 3.8) is 0 Å². The molecule has 0 atom stereocenters. The molecular weight excluding hydrogens is 164 g/mol. The van der Waals surface area contributed by atoms with Crippen LogP contribution in [0.1, 0.15) is 12.5 Å². The summed E-state index contributed by atoms with van der Waals surface area (Å²) >= 11 is 0. The van der Waals surface area contributed by atoms with E-state index < -0.39 is 0 Å². The fourth-order valence-corrected chi connectivity index (χ4v) is 1.43. The second-order valence-electron chi connectivity index (χ2n) is 3.31. The number of aromatic hydroxyl groups is 1. The first-order valence-electron chi connectivity index (χ1n) is 4.36. The Bertz CT molecular complexity index is 353. The summed E-state index contributed by atoms with van der Waals surface area (Å²) in [7, 11) is 0. The van der Waals surface area contributed by atoms with Crippen molar-refractivity contribution in [1.29, 1.82) is 0 Å². The first kappa shape index (κ1) is 8.17. The molecule has 1 aliphatic rings. The van der Waals surface area contributed by atoms with Gasteiger partial charge < -0.3 is 9.84 Å². The maximum absolute atomic E-state index is 9.52. The van der Waals surface area contributed by atoms with Gasteiger partial charge in [0.15, 0.2) is 11.5 Å². The lowest BCUT2D eigenvalue weighted by Crippen LogP contribution is -1.97. The highest BCUT2D eigenvalue weighted by Gasteiger charge is 2.11. The zero-order valence-corrected chi connectivity index (χ0v) is 7.58. The summed E-state index contributed by atoms with van der Waals surface area (Å²) in [6, 6.07) is 5.47. The minimum atomic E-state index is 0.237. The summed E-state index contributed by atoms with van der Waals surface area (Å²) in [5.41, 5.74) is 2.26. The molecule has 0 saturated carbocycles. The summed E-state index contributed by atoms with van der Waals surface area (Å²) in [6.45, 7) is 2.60. The molecule has 2 nitrogen and oxygen atoms in total. The van der Waals surface area contributed by atoms with Crippen LogP contribution in [0.5, 0.6) is 11.5 Å². The zero-order valence-electron chi connectivity index (χ0n) is 7.58. The van der Waals surface area contributed by atoms with E-state index >= 15 is 0 Å². The third kappa shape index (κ3) is 1.52. The lowest BCUT2D eigenvalue weighted by molar-refractivity contribution is 0.328. The predicted octanol–water partition coefficient (Wildman–Crippen LogP) is 2.27. The molecule has 0 aliphatic carbocycles. The van der Waals surface area contributed by atoms with Crippen LogP contribution in [0.3, 0.4) is 0 Å². The lowest BCUT2D eigenvalue weighted by Gasteiger charge is -2.08. The minimum Gasteiger partial charge on any atom is -0.504 e. The fourth-order valence-electron chi connectivity index (χ4n) is 1.43. The van der Waals surface area contributed by atoms with Gasteiger partial charge in [0.1, 0.15) is 6.61 Å². The molecule has 1 aliphatic heterocycles. The first-order chi connectivity index (χ1) is 6.27. The molecule has 1 aromatic carbocycles. The van der Waals surface area contributed by atoms with Crippen LogP contribution >= 0.6 is 0 Å². The van der Waals surface area contributed by atoms with Gasteiger partial charge in [-0.15, -0.1) is 0 Å². The van der Waals surface area contributed by atoms with Crippen LogP contribution in [0.2, 0.25) is 0 Å². The number of benzene rings is 1. The van der Waals surface area contributed by atoms with E-state index in [0.717, 1.165) is 12.0 Å². The maximum atomic E-state index is 9.52. The molecule has 0 spiro atoms. The van der Waals surface area contributed by atoms with Gasteiger partial charge in [0.2, 0.25) is 0 Å². The Morgan fingerprint density at radius 3 is 3.08 bits per heavy atom. The number of ether oxygens (including phenoxy) is 1. The number of hydrogen-bond donors (Lipinski definition) is 1. The quantitative estimate of drug-likeness (QED) is 0.614. The Hall–Kier alpha value is -1.44. The monoisotopic (exact) mass is 176 g/mol. The Labute approximate surface area is 77.5 Å². The molecule has 0 saturated heterocycles. The topological polar surface area (TPSA) is 29.5 Å². The Kier molecular flexibility index (Phi) is 1.97. The average molecular weight is 176 g/mol. The van der Waals surface area contributed by atoms with Crippen LogP contribution in [0.25, 0.3) is 0 Å². The summed E-state index contributed by atoms with van der Waals surface area (Å²) in [4.78, 5) is 0. The van der Waals surface area contributed by atoms with Crippen molar-refractivity contribution < 1.29 is 9.84 Å². The number of fused-ring (bicyclic) bond motifs is 1. The van der Waals surface area contributed by atoms with Gasteiger partial charge in [0, 0.05) is 5.56 Å². The summed E-state index contributed by atoms with van der Waals surface area (Å²) < 4.78 is 5.47. The predicted molar refractivity (Wildman–Crippen MR) is 51.1 cm³/mol. The SMILES string of the molecule is CC1=CCc2cccc(O)c2OC1. The standard InChI is InChI=1S/C11H12O2/c1-8-5-6-9-3-2-4-10(12)11(9)13-7-8/h2-5,12H,6-7H2,1H3. The molecule has 68 valence electrons. The first-order valence-corrected chi connectivity index (χ1v) is 4.36. The van der Waals surface area contributed by atoms with Crippen LogP contribution in [-0.2, 0) is 6.42 Å². The Morgan fingerprint density at radius 1 is 1.38 bits per heavy atom. The summed E-state index contributed by atoms with van der Waals surface area (Å²) in [6.07, 6.45) is 2.97. The lowest BCUT2D eigenvalue weighted by atomic mass is 10.1. The van der Waals surface area contributed by atoms with E-state index in [4.69, 9.17) is 4.74 Å². The van der Waals surface area contributed by atoms with Crippen molar-refractivity contribution in [2.75, 3.05) is 6.61 Å². The minimum absolute atomic E-state index is 0.237. The molecule has 0 fully saturated rings. The molecule has 1 heterocycles. The number of hydrogen-bond acceptors (Lipinski definition) is 2. The van der Waals surface area contributed by atoms with Gasteiger partial charge in [-0.05, 0) is 25.0 Å². The van der Waals surface area contributed by atoms with Crippen molar-refractivity contribution in [2.45, 2.75) is 13.3 Å². The molecule has 0 amide bonds. The molecule has 0 aromatic heterocycles. The highest BCUT2D eigenvalue weighted by Crippen LogP contribution is 2.32. The van der Waals surface area contributed by atoms with E-state index in [0.29, 0.717) is 12.4 Å². The second-order valence-corrected chi connectivity index (χ2v) is 3.31. The second kappa shape index (κ2) is 3.13. The molecule has 1 aromatic rings. The molecule has 2 rings (SSSR count). The van der Waals surface area contributed by atoms with Crippen LogP contribution in [0.15, 0.2) is 29.8 Å². The van der Waals surface area contributed by atoms with Crippen molar-refractivity contribution in [2.24, 2.45) is 0 Å². The molecule has 1 N–H and O–H groups in total. The number of rotatable bonds is 0. The Balaban J connectivity index is 2.42. The van der Waals surface area contributed by atoms with Crippen LogP contribution in [0, 0.1) is 0 Å². The van der Waals surface area contributed by atoms with E-state index in [1.807, 2.05) is 19.1 Å². The molecule has 0 radical (unpaired) electrons. The molecule has 0 bridgehead atoms. The average Bonchev–Trinajstić information content (AvgIpc) is 2.30. The number of phenols is 1. The zero-order chi connectivity index (χ0) is 9.26. The van der Waals surface area contributed by atoms with Crippen molar-refractivity contribution in [1.82, 2.24) is 0 Å². The smallest absolute Gasteiger partial charge is 0.164 e. The van der Waals surface area contributed by atoms with Gasteiger partial charge in [-0.2, -0.15) is 0 Å². The fraction of sp³-hybridized carbons (Fsp3) is 0.273.